The highest BCUT2D eigenvalue weighted by Crippen LogP contribution is 2.46. The maximum atomic E-state index is 12.3. The van der Waals surface area contributed by atoms with Gasteiger partial charge in [-0.25, -0.2) is 9.78 Å². The fourth-order valence-corrected chi connectivity index (χ4v) is 3.94. The average molecular weight is 281 g/mol. The van der Waals surface area contributed by atoms with E-state index in [9.17, 15) is 4.79 Å². The van der Waals surface area contributed by atoms with Crippen molar-refractivity contribution in [3.05, 3.63) is 10.6 Å². The van der Waals surface area contributed by atoms with E-state index in [0.29, 0.717) is 5.13 Å². The van der Waals surface area contributed by atoms with Gasteiger partial charge in [0, 0.05) is 12.5 Å². The van der Waals surface area contributed by atoms with E-state index in [2.05, 4.69) is 4.98 Å². The number of nitrogens with two attached hydrogens (primary N) is 1. The first-order valence-electron chi connectivity index (χ1n) is 6.61. The number of aromatic nitrogens is 1. The molecule has 0 radical (unpaired) electrons. The number of nitrogen functional groups attached to an aromatic ring is 1. The van der Waals surface area contributed by atoms with Crippen molar-refractivity contribution in [3.63, 3.8) is 0 Å². The van der Waals surface area contributed by atoms with Crippen molar-refractivity contribution in [1.82, 2.24) is 9.88 Å². The second-order valence-corrected chi connectivity index (χ2v) is 7.26. The highest BCUT2D eigenvalue weighted by molar-refractivity contribution is 7.15. The summed E-state index contributed by atoms with van der Waals surface area (Å²) in [4.78, 5) is 19.8. The number of rotatable bonds is 0. The van der Waals surface area contributed by atoms with Gasteiger partial charge in [-0.2, -0.15) is 0 Å². The fourth-order valence-electron chi connectivity index (χ4n) is 2.94. The van der Waals surface area contributed by atoms with Gasteiger partial charge >= 0.3 is 6.09 Å². The van der Waals surface area contributed by atoms with Gasteiger partial charge < -0.3 is 10.5 Å². The Morgan fingerprint density at radius 3 is 2.89 bits per heavy atom. The maximum absolute atomic E-state index is 12.3. The highest BCUT2D eigenvalue weighted by atomic mass is 32.1. The average Bonchev–Trinajstić information content (AvgIpc) is 2.77. The fraction of sp³-hybridized carbons (Fsp3) is 0.692. The second kappa shape index (κ2) is 4.10. The lowest BCUT2D eigenvalue weighted by atomic mass is 10.1. The molecule has 6 heteroatoms. The summed E-state index contributed by atoms with van der Waals surface area (Å²) in [5, 5.41) is 0.599. The SMILES string of the molecule is CC(C)(C)OC(=O)N1[C@H]2CC[C@@H]1c1sc(N)nc1C2. The Bertz CT molecular complexity index is 520. The third-order valence-electron chi connectivity index (χ3n) is 3.58. The first-order valence-corrected chi connectivity index (χ1v) is 7.43. The number of carbonyl (C=O) groups is 1. The predicted octanol–water partition coefficient (Wildman–Crippen LogP) is 2.72. The summed E-state index contributed by atoms with van der Waals surface area (Å²) in [7, 11) is 0. The van der Waals surface area contributed by atoms with Crippen LogP contribution in [0.15, 0.2) is 0 Å². The Kier molecular flexibility index (Phi) is 2.74. The Morgan fingerprint density at radius 1 is 1.47 bits per heavy atom. The van der Waals surface area contributed by atoms with Gasteiger partial charge in [0.15, 0.2) is 5.13 Å². The molecule has 1 fully saturated rings. The lowest BCUT2D eigenvalue weighted by molar-refractivity contribution is 0.0127. The van der Waals surface area contributed by atoms with Gasteiger partial charge in [0.25, 0.3) is 0 Å². The lowest BCUT2D eigenvalue weighted by Crippen LogP contribution is -2.44. The first-order chi connectivity index (χ1) is 8.85. The third kappa shape index (κ3) is 2.18. The van der Waals surface area contributed by atoms with Gasteiger partial charge in [-0.05, 0) is 33.6 Å². The summed E-state index contributed by atoms with van der Waals surface area (Å²) < 4.78 is 5.52. The van der Waals surface area contributed by atoms with Crippen LogP contribution in [0.3, 0.4) is 0 Å². The molecule has 2 N–H and O–H groups in total. The van der Waals surface area contributed by atoms with E-state index in [0.717, 1.165) is 29.8 Å². The van der Waals surface area contributed by atoms with Crippen molar-refractivity contribution in [3.8, 4) is 0 Å². The Morgan fingerprint density at radius 2 is 2.21 bits per heavy atom. The molecule has 0 aliphatic carbocycles. The second-order valence-electron chi connectivity index (χ2n) is 6.20. The Balaban J connectivity index is 1.87. The molecule has 2 atom stereocenters. The van der Waals surface area contributed by atoms with Crippen LogP contribution >= 0.6 is 11.3 Å². The summed E-state index contributed by atoms with van der Waals surface area (Å²) in [5.41, 5.74) is 6.41. The van der Waals surface area contributed by atoms with Gasteiger partial charge in [-0.15, -0.1) is 0 Å². The summed E-state index contributed by atoms with van der Waals surface area (Å²) in [6.45, 7) is 5.69. The van der Waals surface area contributed by atoms with E-state index in [-0.39, 0.29) is 18.2 Å². The number of ether oxygens (including phenoxy) is 1. The molecule has 2 aliphatic heterocycles. The minimum absolute atomic E-state index is 0.110. The topological polar surface area (TPSA) is 68.5 Å². The van der Waals surface area contributed by atoms with Crippen LogP contribution in [0.2, 0.25) is 0 Å². The van der Waals surface area contributed by atoms with Crippen LogP contribution in [0.5, 0.6) is 0 Å². The minimum atomic E-state index is -0.455. The molecule has 1 aromatic heterocycles. The number of fused-ring (bicyclic) bond motifs is 4. The van der Waals surface area contributed by atoms with E-state index < -0.39 is 5.60 Å². The van der Waals surface area contributed by atoms with Gasteiger partial charge in [-0.1, -0.05) is 11.3 Å². The molecule has 3 heterocycles. The Hall–Kier alpha value is -1.30. The summed E-state index contributed by atoms with van der Waals surface area (Å²) in [5.74, 6) is 0. The molecule has 0 saturated carbocycles. The van der Waals surface area contributed by atoms with Crippen LogP contribution < -0.4 is 5.73 Å². The lowest BCUT2D eigenvalue weighted by Gasteiger charge is -2.35. The van der Waals surface area contributed by atoms with Crippen LogP contribution in [0.4, 0.5) is 9.93 Å². The van der Waals surface area contributed by atoms with Crippen LogP contribution in [-0.4, -0.2) is 27.6 Å². The molecule has 5 nitrogen and oxygen atoms in total. The number of nitrogens with zero attached hydrogens (tertiary/aromatic N) is 2. The zero-order chi connectivity index (χ0) is 13.8. The molecule has 1 saturated heterocycles. The van der Waals surface area contributed by atoms with Crippen LogP contribution in [0, 0.1) is 0 Å². The number of amides is 1. The molecule has 1 aromatic rings. The summed E-state index contributed by atoms with van der Waals surface area (Å²) >= 11 is 1.51. The minimum Gasteiger partial charge on any atom is -0.444 e. The molecule has 0 unspecified atom stereocenters. The van der Waals surface area contributed by atoms with E-state index in [1.54, 1.807) is 0 Å². The van der Waals surface area contributed by atoms with Crippen molar-refractivity contribution in [2.24, 2.45) is 0 Å². The number of anilines is 1. The van der Waals surface area contributed by atoms with E-state index in [4.69, 9.17) is 10.5 Å². The molecule has 2 aliphatic rings. The summed E-state index contributed by atoms with van der Waals surface area (Å²) in [6, 6.07) is 0.326. The number of hydrogen-bond donors (Lipinski definition) is 1. The van der Waals surface area contributed by atoms with Crippen LogP contribution in [-0.2, 0) is 11.2 Å². The standard InChI is InChI=1S/C13H19N3O2S/c1-13(2,3)18-12(17)16-7-4-5-9(16)10-8(6-7)15-11(14)19-10/h7,9H,4-6H2,1-3H3,(H2,14,15)/t7-,9+/m0/s1. The third-order valence-corrected chi connectivity index (χ3v) is 4.61. The maximum Gasteiger partial charge on any atom is 0.411 e. The molecule has 1 amide bonds. The van der Waals surface area contributed by atoms with Crippen molar-refractivity contribution < 1.29 is 9.53 Å². The largest absolute Gasteiger partial charge is 0.444 e. The number of carbonyl (C=O) groups excluding carboxylic acids is 1. The van der Waals surface area contributed by atoms with Gasteiger partial charge in [0.1, 0.15) is 5.60 Å². The zero-order valence-electron chi connectivity index (χ0n) is 11.5. The molecule has 2 bridgehead atoms. The molecular weight excluding hydrogens is 262 g/mol. The number of thiazole rings is 1. The van der Waals surface area contributed by atoms with Crippen molar-refractivity contribution >= 4 is 22.6 Å². The molecule has 104 valence electrons. The first kappa shape index (κ1) is 12.7. The van der Waals surface area contributed by atoms with Crippen LogP contribution in [0.1, 0.15) is 50.2 Å². The monoisotopic (exact) mass is 281 g/mol. The normalized spacial score (nSPS) is 25.3. The van der Waals surface area contributed by atoms with Crippen molar-refractivity contribution in [2.75, 3.05) is 5.73 Å². The Labute approximate surface area is 116 Å². The van der Waals surface area contributed by atoms with Crippen LogP contribution in [0.25, 0.3) is 0 Å². The van der Waals surface area contributed by atoms with Crippen molar-refractivity contribution in [2.45, 2.75) is 57.7 Å². The summed E-state index contributed by atoms with van der Waals surface area (Å²) in [6.07, 6.45) is 2.60. The van der Waals surface area contributed by atoms with E-state index in [1.807, 2.05) is 25.7 Å². The smallest absolute Gasteiger partial charge is 0.411 e. The van der Waals surface area contributed by atoms with E-state index >= 15 is 0 Å². The molecule has 0 aromatic carbocycles. The van der Waals surface area contributed by atoms with Gasteiger partial charge in [0.05, 0.1) is 16.6 Å². The predicted molar refractivity (Wildman–Crippen MR) is 74.1 cm³/mol. The quantitative estimate of drug-likeness (QED) is 0.794. The van der Waals surface area contributed by atoms with Gasteiger partial charge in [0.2, 0.25) is 0 Å². The zero-order valence-corrected chi connectivity index (χ0v) is 12.3. The highest BCUT2D eigenvalue weighted by Gasteiger charge is 2.45. The molecule has 19 heavy (non-hydrogen) atoms. The molecular formula is C13H19N3O2S. The molecule has 0 spiro atoms. The molecule has 3 rings (SSSR count). The van der Waals surface area contributed by atoms with Crippen molar-refractivity contribution in [1.29, 1.82) is 0 Å². The van der Waals surface area contributed by atoms with E-state index in [1.165, 1.54) is 11.3 Å². The van der Waals surface area contributed by atoms with Gasteiger partial charge in [-0.3, -0.25) is 4.90 Å². The number of hydrogen-bond acceptors (Lipinski definition) is 5.